The van der Waals surface area contributed by atoms with Gasteiger partial charge in [0.15, 0.2) is 0 Å². The van der Waals surface area contributed by atoms with Crippen LogP contribution in [-0.4, -0.2) is 27.5 Å². The molecule has 1 aliphatic heterocycles. The second kappa shape index (κ2) is 5.92. The molecule has 1 aromatic rings. The van der Waals surface area contributed by atoms with Crippen molar-refractivity contribution in [3.63, 3.8) is 0 Å². The van der Waals surface area contributed by atoms with Crippen LogP contribution in [0.2, 0.25) is 0 Å². The Morgan fingerprint density at radius 3 is 2.88 bits per heavy atom. The number of hydrogen-bond acceptors (Lipinski definition) is 6. The van der Waals surface area contributed by atoms with Crippen LogP contribution < -0.4 is 11.3 Å². The van der Waals surface area contributed by atoms with Crippen molar-refractivity contribution in [3.05, 3.63) is 5.01 Å². The van der Waals surface area contributed by atoms with Crippen LogP contribution in [0.5, 0.6) is 0 Å². The standard InChI is InChI=1S/C10H17N5OS/c11-12-10-14-13-8(17-10)7-15-6-4-2-1-3-5-9(15)16/h1-7,11H2,(H,12,14). The maximum Gasteiger partial charge on any atom is 0.222 e. The van der Waals surface area contributed by atoms with Crippen LogP contribution in [0.15, 0.2) is 0 Å². The molecule has 0 bridgehead atoms. The van der Waals surface area contributed by atoms with E-state index in [4.69, 9.17) is 5.84 Å². The molecule has 1 aromatic heterocycles. The van der Waals surface area contributed by atoms with E-state index in [1.807, 2.05) is 4.90 Å². The van der Waals surface area contributed by atoms with E-state index in [1.54, 1.807) is 0 Å². The van der Waals surface area contributed by atoms with Crippen LogP contribution in [0.4, 0.5) is 5.13 Å². The Kier molecular flexibility index (Phi) is 4.27. The summed E-state index contributed by atoms with van der Waals surface area (Å²) in [6.07, 6.45) is 5.10. The van der Waals surface area contributed by atoms with Gasteiger partial charge in [-0.2, -0.15) is 0 Å². The SMILES string of the molecule is NNc1nnc(CN2CCCCCCC2=O)s1. The molecule has 0 radical (unpaired) electrons. The van der Waals surface area contributed by atoms with Gasteiger partial charge < -0.3 is 4.90 Å². The molecule has 1 amide bonds. The Hall–Kier alpha value is -1.21. The van der Waals surface area contributed by atoms with Crippen molar-refractivity contribution in [2.75, 3.05) is 12.0 Å². The van der Waals surface area contributed by atoms with Crippen LogP contribution in [0, 0.1) is 0 Å². The Morgan fingerprint density at radius 1 is 1.29 bits per heavy atom. The number of hydrazine groups is 1. The van der Waals surface area contributed by atoms with E-state index in [0.29, 0.717) is 18.1 Å². The van der Waals surface area contributed by atoms with E-state index in [0.717, 1.165) is 24.4 Å². The molecule has 0 aromatic carbocycles. The summed E-state index contributed by atoms with van der Waals surface area (Å²) in [6, 6.07) is 0. The molecule has 0 unspecified atom stereocenters. The molecular formula is C10H17N5OS. The molecule has 1 fully saturated rings. The van der Waals surface area contributed by atoms with Crippen molar-refractivity contribution in [2.24, 2.45) is 5.84 Å². The number of nitrogen functional groups attached to an aromatic ring is 1. The summed E-state index contributed by atoms with van der Waals surface area (Å²) in [4.78, 5) is 13.8. The van der Waals surface area contributed by atoms with Crippen LogP contribution in [0.3, 0.4) is 0 Å². The van der Waals surface area contributed by atoms with E-state index < -0.39 is 0 Å². The molecule has 6 nitrogen and oxygen atoms in total. The Balaban J connectivity index is 1.97. The topological polar surface area (TPSA) is 84.1 Å². The number of rotatable bonds is 3. The molecule has 2 heterocycles. The van der Waals surface area contributed by atoms with Gasteiger partial charge in [-0.05, 0) is 12.8 Å². The van der Waals surface area contributed by atoms with Crippen LogP contribution in [0.25, 0.3) is 0 Å². The monoisotopic (exact) mass is 255 g/mol. The molecule has 2 rings (SSSR count). The molecule has 1 aliphatic rings. The van der Waals surface area contributed by atoms with Crippen LogP contribution in [-0.2, 0) is 11.3 Å². The number of likely N-dealkylation sites (tertiary alicyclic amines) is 1. The second-order valence-corrected chi connectivity index (χ2v) is 5.19. The predicted molar refractivity (Wildman–Crippen MR) is 66.2 cm³/mol. The Bertz CT molecular complexity index is 381. The number of nitrogens with two attached hydrogens (primary N) is 1. The number of carbonyl (C=O) groups excluding carboxylic acids is 1. The van der Waals surface area contributed by atoms with Gasteiger partial charge in [0.25, 0.3) is 0 Å². The van der Waals surface area contributed by atoms with Crippen molar-refractivity contribution in [1.82, 2.24) is 15.1 Å². The number of anilines is 1. The van der Waals surface area contributed by atoms with Crippen LogP contribution >= 0.6 is 11.3 Å². The fourth-order valence-corrected chi connectivity index (χ4v) is 2.59. The minimum Gasteiger partial charge on any atom is -0.336 e. The lowest BCUT2D eigenvalue weighted by Crippen LogP contribution is -2.32. The molecule has 17 heavy (non-hydrogen) atoms. The largest absolute Gasteiger partial charge is 0.336 e. The van der Waals surface area contributed by atoms with Gasteiger partial charge >= 0.3 is 0 Å². The molecule has 7 heteroatoms. The third-order valence-corrected chi connectivity index (χ3v) is 3.68. The van der Waals surface area contributed by atoms with Gasteiger partial charge in [-0.25, -0.2) is 5.84 Å². The van der Waals surface area contributed by atoms with Crippen molar-refractivity contribution in [1.29, 1.82) is 0 Å². The molecule has 0 saturated carbocycles. The zero-order valence-electron chi connectivity index (χ0n) is 9.69. The molecule has 0 aliphatic carbocycles. The zero-order valence-corrected chi connectivity index (χ0v) is 10.5. The summed E-state index contributed by atoms with van der Waals surface area (Å²) < 4.78 is 0. The van der Waals surface area contributed by atoms with Gasteiger partial charge in [0.05, 0.1) is 6.54 Å². The summed E-state index contributed by atoms with van der Waals surface area (Å²) in [6.45, 7) is 1.38. The van der Waals surface area contributed by atoms with E-state index in [1.165, 1.54) is 24.2 Å². The highest BCUT2D eigenvalue weighted by Gasteiger charge is 2.17. The molecule has 94 valence electrons. The Labute approximate surface area is 104 Å². The lowest BCUT2D eigenvalue weighted by atomic mass is 10.1. The number of nitrogens with zero attached hydrogens (tertiary/aromatic N) is 3. The number of carbonyl (C=O) groups is 1. The minimum absolute atomic E-state index is 0.224. The quantitative estimate of drug-likeness (QED) is 0.624. The summed E-state index contributed by atoms with van der Waals surface area (Å²) in [5, 5.41) is 9.27. The number of hydrogen-bond donors (Lipinski definition) is 2. The number of nitrogens with one attached hydrogen (secondary N) is 1. The molecule has 3 N–H and O–H groups in total. The predicted octanol–water partition coefficient (Wildman–Crippen LogP) is 1.12. The third kappa shape index (κ3) is 3.37. The fraction of sp³-hybridized carbons (Fsp3) is 0.700. The summed E-state index contributed by atoms with van der Waals surface area (Å²) >= 11 is 1.39. The summed E-state index contributed by atoms with van der Waals surface area (Å²) in [5.41, 5.74) is 2.46. The first-order valence-electron chi connectivity index (χ1n) is 5.86. The highest BCUT2D eigenvalue weighted by molar-refractivity contribution is 7.15. The minimum atomic E-state index is 0.224. The lowest BCUT2D eigenvalue weighted by Gasteiger charge is -2.23. The number of aromatic nitrogens is 2. The summed E-state index contributed by atoms with van der Waals surface area (Å²) in [5.74, 6) is 5.47. The van der Waals surface area contributed by atoms with Crippen molar-refractivity contribution in [2.45, 2.75) is 38.6 Å². The first-order chi connectivity index (χ1) is 8.29. The molecule has 1 saturated heterocycles. The van der Waals surface area contributed by atoms with E-state index in [9.17, 15) is 4.79 Å². The van der Waals surface area contributed by atoms with Gasteiger partial charge in [-0.1, -0.05) is 24.2 Å². The maximum atomic E-state index is 11.9. The van der Waals surface area contributed by atoms with Gasteiger partial charge in [0, 0.05) is 13.0 Å². The molecule has 0 atom stereocenters. The molecule has 0 spiro atoms. The van der Waals surface area contributed by atoms with Gasteiger partial charge in [-0.15, -0.1) is 10.2 Å². The maximum absolute atomic E-state index is 11.9. The van der Waals surface area contributed by atoms with Gasteiger partial charge in [-0.3, -0.25) is 10.2 Å². The van der Waals surface area contributed by atoms with E-state index >= 15 is 0 Å². The highest BCUT2D eigenvalue weighted by atomic mass is 32.1. The lowest BCUT2D eigenvalue weighted by molar-refractivity contribution is -0.132. The van der Waals surface area contributed by atoms with Crippen molar-refractivity contribution >= 4 is 22.4 Å². The normalized spacial score (nSPS) is 17.7. The average molecular weight is 255 g/mol. The Morgan fingerprint density at radius 2 is 2.12 bits per heavy atom. The first-order valence-corrected chi connectivity index (χ1v) is 6.68. The molecular weight excluding hydrogens is 238 g/mol. The summed E-state index contributed by atoms with van der Waals surface area (Å²) in [7, 11) is 0. The fourth-order valence-electron chi connectivity index (χ4n) is 1.92. The second-order valence-electron chi connectivity index (χ2n) is 4.12. The first kappa shape index (κ1) is 12.3. The zero-order chi connectivity index (χ0) is 12.1. The average Bonchev–Trinajstić information content (AvgIpc) is 2.77. The van der Waals surface area contributed by atoms with E-state index in [-0.39, 0.29) is 5.91 Å². The van der Waals surface area contributed by atoms with Gasteiger partial charge in [0.2, 0.25) is 11.0 Å². The third-order valence-electron chi connectivity index (χ3n) is 2.84. The number of amides is 1. The highest BCUT2D eigenvalue weighted by Crippen LogP contribution is 2.18. The van der Waals surface area contributed by atoms with Crippen LogP contribution in [0.1, 0.15) is 37.1 Å². The van der Waals surface area contributed by atoms with Gasteiger partial charge in [0.1, 0.15) is 5.01 Å². The van der Waals surface area contributed by atoms with Crippen molar-refractivity contribution in [3.8, 4) is 0 Å². The van der Waals surface area contributed by atoms with E-state index in [2.05, 4.69) is 15.6 Å². The van der Waals surface area contributed by atoms with Crippen molar-refractivity contribution < 1.29 is 4.79 Å². The smallest absolute Gasteiger partial charge is 0.222 e.